The molecule has 0 amide bonds. The number of esters is 1. The van der Waals surface area contributed by atoms with E-state index in [0.29, 0.717) is 0 Å². The molecule has 0 aliphatic heterocycles. The molecule has 90 valence electrons. The van der Waals surface area contributed by atoms with E-state index in [2.05, 4.69) is 6.92 Å². The van der Waals surface area contributed by atoms with E-state index in [1.165, 1.54) is 12.8 Å². The topological polar surface area (TPSA) is 26.3 Å². The van der Waals surface area contributed by atoms with Gasteiger partial charge in [-0.15, -0.1) is 0 Å². The zero-order valence-electron chi connectivity index (χ0n) is 9.06. The van der Waals surface area contributed by atoms with Crippen molar-refractivity contribution in [2.24, 2.45) is 0 Å². The Morgan fingerprint density at radius 3 is 2.33 bits per heavy atom. The fourth-order valence-electron chi connectivity index (χ4n) is 1.17. The third-order valence-corrected chi connectivity index (χ3v) is 2.47. The lowest BCUT2D eigenvalue weighted by atomic mass is 10.1. The molecule has 0 bridgehead atoms. The number of carbonyl (C=O) groups is 1. The Hall–Kier alpha value is 0.340. The summed E-state index contributed by atoms with van der Waals surface area (Å²) in [5.74, 6) is -0.796. The van der Waals surface area contributed by atoms with E-state index in [4.69, 9.17) is 39.5 Å². The van der Waals surface area contributed by atoms with Crippen LogP contribution in [0.25, 0.3) is 0 Å². The lowest BCUT2D eigenvalue weighted by molar-refractivity contribution is -0.147. The predicted octanol–water partition coefficient (Wildman–Crippen LogP) is 4.26. The average Bonchev–Trinajstić information content (AvgIpc) is 2.11. The normalized spacial score (nSPS) is 13.7. The lowest BCUT2D eigenvalue weighted by Crippen LogP contribution is -2.26. The standard InChI is InChI=1S/C10H17Cl3O2/c1-3-4-5-6-7-8(2)15-9(14)10(11,12)13/h8H,3-7H2,1-2H3. The predicted molar refractivity (Wildman–Crippen MR) is 64.6 cm³/mol. The highest BCUT2D eigenvalue weighted by Crippen LogP contribution is 2.28. The van der Waals surface area contributed by atoms with Crippen LogP contribution in [0.1, 0.15) is 46.0 Å². The number of hydrogen-bond acceptors (Lipinski definition) is 2. The smallest absolute Gasteiger partial charge is 0.358 e. The van der Waals surface area contributed by atoms with Crippen LogP contribution >= 0.6 is 34.8 Å². The van der Waals surface area contributed by atoms with Gasteiger partial charge in [0.05, 0.1) is 6.10 Å². The molecule has 1 atom stereocenters. The number of alkyl halides is 3. The molecule has 0 aromatic carbocycles. The molecular weight excluding hydrogens is 258 g/mol. The first-order valence-electron chi connectivity index (χ1n) is 5.15. The van der Waals surface area contributed by atoms with Crippen LogP contribution in [-0.2, 0) is 9.53 Å². The Kier molecular flexibility index (Phi) is 7.76. The Labute approximate surface area is 106 Å². The van der Waals surface area contributed by atoms with Crippen LogP contribution in [0.2, 0.25) is 0 Å². The van der Waals surface area contributed by atoms with E-state index in [0.717, 1.165) is 19.3 Å². The van der Waals surface area contributed by atoms with Gasteiger partial charge in [-0.3, -0.25) is 0 Å². The van der Waals surface area contributed by atoms with Crippen molar-refractivity contribution >= 4 is 40.8 Å². The van der Waals surface area contributed by atoms with Crippen molar-refractivity contribution in [2.45, 2.75) is 55.8 Å². The number of carbonyl (C=O) groups excluding carboxylic acids is 1. The number of unbranched alkanes of at least 4 members (excludes halogenated alkanes) is 3. The molecule has 0 aromatic heterocycles. The van der Waals surface area contributed by atoms with Gasteiger partial charge < -0.3 is 4.74 Å². The van der Waals surface area contributed by atoms with Crippen LogP contribution in [0, 0.1) is 0 Å². The van der Waals surface area contributed by atoms with Gasteiger partial charge in [0.2, 0.25) is 0 Å². The summed E-state index contributed by atoms with van der Waals surface area (Å²) in [6.45, 7) is 3.95. The van der Waals surface area contributed by atoms with E-state index < -0.39 is 9.76 Å². The summed E-state index contributed by atoms with van der Waals surface area (Å²) in [5, 5.41) is 0. The summed E-state index contributed by atoms with van der Waals surface area (Å²) in [6.07, 6.45) is 5.18. The molecule has 0 saturated carbocycles. The minimum absolute atomic E-state index is 0.190. The van der Waals surface area contributed by atoms with E-state index in [9.17, 15) is 4.79 Å². The van der Waals surface area contributed by atoms with Gasteiger partial charge in [-0.05, 0) is 19.8 Å². The van der Waals surface area contributed by atoms with Crippen molar-refractivity contribution in [1.29, 1.82) is 0 Å². The molecular formula is C10H17Cl3O2. The monoisotopic (exact) mass is 274 g/mol. The molecule has 0 aliphatic rings. The van der Waals surface area contributed by atoms with E-state index in [-0.39, 0.29) is 6.10 Å². The van der Waals surface area contributed by atoms with Crippen LogP contribution in [-0.4, -0.2) is 15.9 Å². The molecule has 0 fully saturated rings. The quantitative estimate of drug-likeness (QED) is 0.411. The average molecular weight is 276 g/mol. The molecule has 5 heteroatoms. The maximum Gasteiger partial charge on any atom is 0.358 e. The first kappa shape index (κ1) is 15.3. The SMILES string of the molecule is CCCCCCC(C)OC(=O)C(Cl)(Cl)Cl. The third-order valence-electron chi connectivity index (χ3n) is 2.00. The van der Waals surface area contributed by atoms with Crippen molar-refractivity contribution < 1.29 is 9.53 Å². The van der Waals surface area contributed by atoms with Crippen molar-refractivity contribution in [3.63, 3.8) is 0 Å². The van der Waals surface area contributed by atoms with Gasteiger partial charge in [0.15, 0.2) is 0 Å². The second-order valence-corrected chi connectivity index (χ2v) is 5.84. The zero-order valence-corrected chi connectivity index (χ0v) is 11.3. The molecule has 0 heterocycles. The summed E-state index contributed by atoms with van der Waals surface area (Å²) >= 11 is 16.1. The summed E-state index contributed by atoms with van der Waals surface area (Å²) in [5.41, 5.74) is 0. The van der Waals surface area contributed by atoms with Crippen molar-refractivity contribution in [1.82, 2.24) is 0 Å². The molecule has 0 N–H and O–H groups in total. The molecule has 15 heavy (non-hydrogen) atoms. The van der Waals surface area contributed by atoms with Crippen molar-refractivity contribution in [3.8, 4) is 0 Å². The molecule has 0 spiro atoms. The van der Waals surface area contributed by atoms with Gasteiger partial charge >= 0.3 is 5.97 Å². The van der Waals surface area contributed by atoms with Crippen LogP contribution in [0.5, 0.6) is 0 Å². The van der Waals surface area contributed by atoms with Crippen LogP contribution in [0.4, 0.5) is 0 Å². The lowest BCUT2D eigenvalue weighted by Gasteiger charge is -2.16. The maximum atomic E-state index is 11.1. The van der Waals surface area contributed by atoms with Gasteiger partial charge in [0, 0.05) is 0 Å². The maximum absolute atomic E-state index is 11.1. The first-order chi connectivity index (χ1) is 6.88. The highest BCUT2D eigenvalue weighted by molar-refractivity contribution is 6.75. The molecule has 2 nitrogen and oxygen atoms in total. The minimum atomic E-state index is -1.96. The van der Waals surface area contributed by atoms with Gasteiger partial charge in [-0.1, -0.05) is 61.0 Å². The molecule has 0 rings (SSSR count). The fraction of sp³-hybridized carbons (Fsp3) is 0.900. The van der Waals surface area contributed by atoms with E-state index >= 15 is 0 Å². The van der Waals surface area contributed by atoms with Crippen LogP contribution in [0.3, 0.4) is 0 Å². The highest BCUT2D eigenvalue weighted by atomic mass is 35.6. The first-order valence-corrected chi connectivity index (χ1v) is 6.29. The highest BCUT2D eigenvalue weighted by Gasteiger charge is 2.33. The van der Waals surface area contributed by atoms with E-state index in [1.54, 1.807) is 6.92 Å². The molecule has 0 radical (unpaired) electrons. The number of hydrogen-bond donors (Lipinski definition) is 0. The Bertz CT molecular complexity index is 190. The molecule has 0 aromatic rings. The molecule has 0 aliphatic carbocycles. The number of rotatable bonds is 6. The summed E-state index contributed by atoms with van der Waals surface area (Å²) in [7, 11) is 0. The second kappa shape index (κ2) is 7.59. The van der Waals surface area contributed by atoms with Gasteiger partial charge in [-0.25, -0.2) is 4.79 Å². The van der Waals surface area contributed by atoms with Gasteiger partial charge in [0.25, 0.3) is 3.79 Å². The fourth-order valence-corrected chi connectivity index (χ4v) is 1.30. The largest absolute Gasteiger partial charge is 0.460 e. The molecule has 0 saturated heterocycles. The van der Waals surface area contributed by atoms with Crippen LogP contribution in [0.15, 0.2) is 0 Å². The minimum Gasteiger partial charge on any atom is -0.460 e. The Balaban J connectivity index is 3.65. The number of ether oxygens (including phenoxy) is 1. The third kappa shape index (κ3) is 8.18. The summed E-state index contributed by atoms with van der Waals surface area (Å²) in [4.78, 5) is 11.1. The Morgan fingerprint density at radius 2 is 1.87 bits per heavy atom. The summed E-state index contributed by atoms with van der Waals surface area (Å²) in [6, 6.07) is 0. The van der Waals surface area contributed by atoms with Crippen molar-refractivity contribution in [2.75, 3.05) is 0 Å². The zero-order chi connectivity index (χ0) is 11.9. The Morgan fingerprint density at radius 1 is 1.27 bits per heavy atom. The van der Waals surface area contributed by atoms with Crippen molar-refractivity contribution in [3.05, 3.63) is 0 Å². The second-order valence-electron chi connectivity index (χ2n) is 3.56. The van der Waals surface area contributed by atoms with E-state index in [1.807, 2.05) is 0 Å². The number of halogens is 3. The summed E-state index contributed by atoms with van der Waals surface area (Å²) < 4.78 is 3.00. The van der Waals surface area contributed by atoms with Crippen LogP contribution < -0.4 is 0 Å². The van der Waals surface area contributed by atoms with Gasteiger partial charge in [-0.2, -0.15) is 0 Å². The molecule has 1 unspecified atom stereocenters. The van der Waals surface area contributed by atoms with Gasteiger partial charge in [0.1, 0.15) is 0 Å².